The molecular weight excluding hydrogens is 338 g/mol. The third kappa shape index (κ3) is 3.08. The Morgan fingerprint density at radius 1 is 1.12 bits per heavy atom. The van der Waals surface area contributed by atoms with Crippen LogP contribution in [0.1, 0.15) is 27.7 Å². The third-order valence-corrected chi connectivity index (χ3v) is 4.70. The molecule has 3 rings (SSSR count). The van der Waals surface area contributed by atoms with Gasteiger partial charge in [0.25, 0.3) is 0 Å². The summed E-state index contributed by atoms with van der Waals surface area (Å²) in [5.74, 6) is -0.0281. The highest BCUT2D eigenvalue weighted by atomic mass is 35.5. The standard InChI is InChI=1S/C16H17BClF2NO3/c1-15(2)16(3,4)24-17(23-15)12-7-10(18)5-9-6-11(22-14(19)20)8-21-13(9)12/h5-8,14H,1-4H3. The third-order valence-electron chi connectivity index (χ3n) is 4.48. The molecule has 0 spiro atoms. The van der Waals surface area contributed by atoms with E-state index in [0.717, 1.165) is 0 Å². The van der Waals surface area contributed by atoms with Crippen LogP contribution in [0, 0.1) is 0 Å². The lowest BCUT2D eigenvalue weighted by molar-refractivity contribution is -0.0499. The summed E-state index contributed by atoms with van der Waals surface area (Å²) < 4.78 is 41.2. The number of halogens is 3. The maximum atomic E-state index is 12.4. The Morgan fingerprint density at radius 3 is 2.33 bits per heavy atom. The van der Waals surface area contributed by atoms with E-state index in [1.165, 1.54) is 12.3 Å². The van der Waals surface area contributed by atoms with Gasteiger partial charge in [0.1, 0.15) is 5.75 Å². The second-order valence-electron chi connectivity index (χ2n) is 6.70. The van der Waals surface area contributed by atoms with Gasteiger partial charge in [-0.25, -0.2) is 0 Å². The second-order valence-corrected chi connectivity index (χ2v) is 7.14. The highest BCUT2D eigenvalue weighted by molar-refractivity contribution is 6.65. The van der Waals surface area contributed by atoms with Crippen LogP contribution < -0.4 is 10.2 Å². The van der Waals surface area contributed by atoms with E-state index in [9.17, 15) is 8.78 Å². The van der Waals surface area contributed by atoms with Gasteiger partial charge in [-0.3, -0.25) is 4.98 Å². The molecule has 24 heavy (non-hydrogen) atoms. The summed E-state index contributed by atoms with van der Waals surface area (Å²) in [5.41, 5.74) is 0.204. The van der Waals surface area contributed by atoms with Crippen LogP contribution in [0.15, 0.2) is 24.4 Å². The van der Waals surface area contributed by atoms with Crippen molar-refractivity contribution in [2.75, 3.05) is 0 Å². The van der Waals surface area contributed by atoms with Crippen molar-refractivity contribution in [3.63, 3.8) is 0 Å². The van der Waals surface area contributed by atoms with Crippen LogP contribution in [0.5, 0.6) is 5.75 Å². The minimum absolute atomic E-state index is 0.0281. The zero-order valence-corrected chi connectivity index (χ0v) is 14.5. The van der Waals surface area contributed by atoms with E-state index in [1.54, 1.807) is 12.1 Å². The zero-order chi connectivity index (χ0) is 17.7. The minimum atomic E-state index is -2.91. The molecule has 0 N–H and O–H groups in total. The van der Waals surface area contributed by atoms with Crippen LogP contribution in [0.4, 0.5) is 8.78 Å². The molecule has 1 aromatic carbocycles. The Labute approximate surface area is 144 Å². The number of aromatic nitrogens is 1. The smallest absolute Gasteiger partial charge is 0.433 e. The predicted molar refractivity (Wildman–Crippen MR) is 89.1 cm³/mol. The molecule has 4 nitrogen and oxygen atoms in total. The first-order valence-corrected chi connectivity index (χ1v) is 7.86. The van der Waals surface area contributed by atoms with Crippen molar-refractivity contribution in [2.45, 2.75) is 45.5 Å². The average Bonchev–Trinajstić information content (AvgIpc) is 2.65. The first-order chi connectivity index (χ1) is 11.1. The molecule has 8 heteroatoms. The Bertz CT molecular complexity index is 769. The van der Waals surface area contributed by atoms with Gasteiger partial charge in [-0.15, -0.1) is 0 Å². The highest BCUT2D eigenvalue weighted by Crippen LogP contribution is 2.37. The molecule has 1 aliphatic rings. The lowest BCUT2D eigenvalue weighted by Crippen LogP contribution is -2.41. The number of pyridine rings is 1. The molecule has 0 bridgehead atoms. The molecule has 1 aliphatic heterocycles. The molecule has 0 unspecified atom stereocenters. The maximum Gasteiger partial charge on any atom is 0.497 e. The van der Waals surface area contributed by atoms with Crippen molar-refractivity contribution in [1.82, 2.24) is 4.98 Å². The van der Waals surface area contributed by atoms with Gasteiger partial charge in [0.05, 0.1) is 22.9 Å². The molecule has 0 amide bonds. The fourth-order valence-corrected chi connectivity index (χ4v) is 2.77. The van der Waals surface area contributed by atoms with Crippen LogP contribution in [0.25, 0.3) is 10.9 Å². The molecule has 2 aromatic rings. The van der Waals surface area contributed by atoms with Gasteiger partial charge < -0.3 is 14.0 Å². The monoisotopic (exact) mass is 355 g/mol. The van der Waals surface area contributed by atoms with Gasteiger partial charge in [-0.2, -0.15) is 8.78 Å². The number of nitrogens with zero attached hydrogens (tertiary/aromatic N) is 1. The van der Waals surface area contributed by atoms with E-state index >= 15 is 0 Å². The number of rotatable bonds is 3. The van der Waals surface area contributed by atoms with E-state index < -0.39 is 24.9 Å². The van der Waals surface area contributed by atoms with Crippen molar-refractivity contribution in [3.8, 4) is 5.75 Å². The van der Waals surface area contributed by atoms with E-state index in [4.69, 9.17) is 20.9 Å². The molecule has 1 fully saturated rings. The quantitative estimate of drug-likeness (QED) is 0.786. The largest absolute Gasteiger partial charge is 0.497 e. The summed E-state index contributed by atoms with van der Waals surface area (Å²) in [6, 6.07) is 4.82. The second kappa shape index (κ2) is 5.83. The van der Waals surface area contributed by atoms with Crippen molar-refractivity contribution in [3.05, 3.63) is 29.4 Å². The fraction of sp³-hybridized carbons (Fsp3) is 0.438. The number of hydrogen-bond donors (Lipinski definition) is 0. The SMILES string of the molecule is CC1(C)OB(c2cc(Cl)cc3cc(OC(F)F)cnc23)OC1(C)C. The fourth-order valence-electron chi connectivity index (χ4n) is 2.54. The molecule has 2 heterocycles. The Hall–Kier alpha value is -1.44. The van der Waals surface area contributed by atoms with E-state index in [0.29, 0.717) is 21.4 Å². The first-order valence-electron chi connectivity index (χ1n) is 7.49. The molecule has 1 saturated heterocycles. The summed E-state index contributed by atoms with van der Waals surface area (Å²) in [6.45, 7) is 4.87. The zero-order valence-electron chi connectivity index (χ0n) is 13.8. The van der Waals surface area contributed by atoms with Crippen LogP contribution in [-0.4, -0.2) is 29.9 Å². The average molecular weight is 356 g/mol. The van der Waals surface area contributed by atoms with E-state index in [-0.39, 0.29) is 5.75 Å². The molecule has 128 valence electrons. The van der Waals surface area contributed by atoms with Gasteiger partial charge in [-0.1, -0.05) is 11.6 Å². The van der Waals surface area contributed by atoms with Crippen LogP contribution in [0.3, 0.4) is 0 Å². The Kier molecular flexibility index (Phi) is 4.22. The van der Waals surface area contributed by atoms with Crippen molar-refractivity contribution in [2.24, 2.45) is 0 Å². The van der Waals surface area contributed by atoms with Crippen molar-refractivity contribution >= 4 is 35.1 Å². The van der Waals surface area contributed by atoms with Gasteiger partial charge in [0.2, 0.25) is 0 Å². The van der Waals surface area contributed by atoms with Crippen LogP contribution in [-0.2, 0) is 9.31 Å². The number of fused-ring (bicyclic) bond motifs is 1. The summed E-state index contributed by atoms with van der Waals surface area (Å²) in [4.78, 5) is 4.24. The van der Waals surface area contributed by atoms with E-state index in [2.05, 4.69) is 9.72 Å². The van der Waals surface area contributed by atoms with Crippen LogP contribution >= 0.6 is 11.6 Å². The molecule has 0 aliphatic carbocycles. The Morgan fingerprint density at radius 2 is 1.75 bits per heavy atom. The predicted octanol–water partition coefficient (Wildman–Crippen LogP) is 3.79. The summed E-state index contributed by atoms with van der Waals surface area (Å²) in [6.07, 6.45) is 1.25. The molecule has 0 atom stereocenters. The van der Waals surface area contributed by atoms with Gasteiger partial charge in [0.15, 0.2) is 0 Å². The minimum Gasteiger partial charge on any atom is -0.433 e. The lowest BCUT2D eigenvalue weighted by Gasteiger charge is -2.32. The first kappa shape index (κ1) is 17.4. The van der Waals surface area contributed by atoms with Crippen LogP contribution in [0.2, 0.25) is 5.02 Å². The van der Waals surface area contributed by atoms with Crippen molar-refractivity contribution < 1.29 is 22.8 Å². The number of alkyl halides is 2. The number of ether oxygens (including phenoxy) is 1. The van der Waals surface area contributed by atoms with Crippen molar-refractivity contribution in [1.29, 1.82) is 0 Å². The molecular formula is C16H17BClF2NO3. The lowest BCUT2D eigenvalue weighted by atomic mass is 9.77. The van der Waals surface area contributed by atoms with Gasteiger partial charge >= 0.3 is 13.7 Å². The highest BCUT2D eigenvalue weighted by Gasteiger charge is 2.52. The van der Waals surface area contributed by atoms with Gasteiger partial charge in [0, 0.05) is 15.9 Å². The molecule has 0 saturated carbocycles. The summed E-state index contributed by atoms with van der Waals surface area (Å²) >= 11 is 6.17. The summed E-state index contributed by atoms with van der Waals surface area (Å²) in [5, 5.41) is 1.01. The molecule has 1 aromatic heterocycles. The molecule has 0 radical (unpaired) electrons. The van der Waals surface area contributed by atoms with Gasteiger partial charge in [-0.05, 0) is 45.9 Å². The normalized spacial score (nSPS) is 19.2. The number of benzene rings is 1. The number of hydrogen-bond acceptors (Lipinski definition) is 4. The topological polar surface area (TPSA) is 40.6 Å². The Balaban J connectivity index is 2.06. The summed E-state index contributed by atoms with van der Waals surface area (Å²) in [7, 11) is -0.648. The van der Waals surface area contributed by atoms with E-state index in [1.807, 2.05) is 27.7 Å². The maximum absolute atomic E-state index is 12.4.